The van der Waals surface area contributed by atoms with Gasteiger partial charge < -0.3 is 14.2 Å². The molecule has 1 saturated heterocycles. The van der Waals surface area contributed by atoms with Gasteiger partial charge in [0.05, 0.1) is 17.6 Å². The van der Waals surface area contributed by atoms with Crippen LogP contribution in [0, 0.1) is 13.8 Å². The highest BCUT2D eigenvalue weighted by Gasteiger charge is 2.33. The number of hydrogen-bond acceptors (Lipinski definition) is 3. The fourth-order valence-corrected chi connectivity index (χ4v) is 4.50. The fraction of sp³-hybridized carbons (Fsp3) is 0.385. The minimum Gasteiger partial charge on any atom is -0.494 e. The molecule has 5 nitrogen and oxygen atoms in total. The average molecular weight is 418 g/mol. The highest BCUT2D eigenvalue weighted by Crippen LogP contribution is 2.30. The number of imidazole rings is 1. The first kappa shape index (κ1) is 21.2. The van der Waals surface area contributed by atoms with E-state index >= 15 is 0 Å². The number of rotatable bonds is 9. The second-order valence-electron chi connectivity index (χ2n) is 8.48. The Labute approximate surface area is 184 Å². The number of carbonyl (C=O) groups excluding carboxylic acids is 1. The molecule has 2 aromatic carbocycles. The maximum absolute atomic E-state index is 12.4. The number of unbranched alkanes of at least 4 members (excludes halogenated alkanes) is 1. The number of carbonyl (C=O) groups is 1. The molecule has 0 N–H and O–H groups in total. The summed E-state index contributed by atoms with van der Waals surface area (Å²) in [4.78, 5) is 19.2. The van der Waals surface area contributed by atoms with Gasteiger partial charge in [0.2, 0.25) is 5.91 Å². The minimum absolute atomic E-state index is 0.131. The quantitative estimate of drug-likeness (QED) is 0.363. The van der Waals surface area contributed by atoms with Crippen LogP contribution in [0.1, 0.15) is 42.1 Å². The van der Waals surface area contributed by atoms with Crippen molar-refractivity contribution in [3.05, 3.63) is 72.1 Å². The van der Waals surface area contributed by atoms with Crippen LogP contribution in [0.2, 0.25) is 0 Å². The van der Waals surface area contributed by atoms with Crippen LogP contribution in [-0.4, -0.2) is 40.1 Å². The Morgan fingerprint density at radius 3 is 2.71 bits per heavy atom. The molecule has 0 unspecified atom stereocenters. The molecule has 1 atom stereocenters. The Kier molecular flexibility index (Phi) is 6.40. The van der Waals surface area contributed by atoms with Crippen molar-refractivity contribution in [1.29, 1.82) is 0 Å². The zero-order valence-electron chi connectivity index (χ0n) is 18.5. The molecule has 0 spiro atoms. The van der Waals surface area contributed by atoms with Gasteiger partial charge in [-0.3, -0.25) is 4.79 Å². The van der Waals surface area contributed by atoms with E-state index in [1.165, 1.54) is 11.1 Å². The first-order valence-electron chi connectivity index (χ1n) is 11.1. The smallest absolute Gasteiger partial charge is 0.223 e. The third-order valence-corrected chi connectivity index (χ3v) is 5.85. The van der Waals surface area contributed by atoms with Crippen molar-refractivity contribution in [3.8, 4) is 5.75 Å². The van der Waals surface area contributed by atoms with Crippen molar-refractivity contribution in [2.75, 3.05) is 19.7 Å². The molecule has 162 valence electrons. The monoisotopic (exact) mass is 417 g/mol. The van der Waals surface area contributed by atoms with Gasteiger partial charge in [0, 0.05) is 32.0 Å². The van der Waals surface area contributed by atoms with E-state index in [0.29, 0.717) is 26.1 Å². The Morgan fingerprint density at radius 1 is 1.16 bits per heavy atom. The summed E-state index contributed by atoms with van der Waals surface area (Å²) in [5.41, 5.74) is 4.59. The van der Waals surface area contributed by atoms with Gasteiger partial charge in [0.15, 0.2) is 0 Å². The summed E-state index contributed by atoms with van der Waals surface area (Å²) in [6.45, 7) is 10.8. The van der Waals surface area contributed by atoms with Crippen molar-refractivity contribution >= 4 is 16.9 Å². The zero-order valence-corrected chi connectivity index (χ0v) is 18.5. The molecule has 0 aliphatic carbocycles. The lowest BCUT2D eigenvalue weighted by Crippen LogP contribution is -2.25. The van der Waals surface area contributed by atoms with Gasteiger partial charge in [-0.15, -0.1) is 6.58 Å². The van der Waals surface area contributed by atoms with Crippen molar-refractivity contribution in [2.45, 2.75) is 45.6 Å². The van der Waals surface area contributed by atoms with E-state index in [9.17, 15) is 4.79 Å². The maximum atomic E-state index is 12.4. The molecule has 1 aromatic heterocycles. The van der Waals surface area contributed by atoms with Gasteiger partial charge >= 0.3 is 0 Å². The summed E-state index contributed by atoms with van der Waals surface area (Å²) >= 11 is 0. The molecular formula is C26H31N3O2. The lowest BCUT2D eigenvalue weighted by Gasteiger charge is -2.16. The SMILES string of the molecule is C=CCN1C[C@H](c2nc3ccccc3n2CCCCOc2cc(C)cc(C)c2)CC1=O. The number of para-hydroxylation sites is 2. The molecular weight excluding hydrogens is 386 g/mol. The number of ether oxygens (including phenoxy) is 1. The molecule has 2 heterocycles. The molecule has 0 radical (unpaired) electrons. The minimum atomic E-state index is 0.131. The van der Waals surface area contributed by atoms with E-state index in [1.807, 2.05) is 11.0 Å². The number of aromatic nitrogens is 2. The third-order valence-electron chi connectivity index (χ3n) is 5.85. The molecule has 5 heteroatoms. The summed E-state index contributed by atoms with van der Waals surface area (Å²) in [5, 5.41) is 0. The Hall–Kier alpha value is -3.08. The summed E-state index contributed by atoms with van der Waals surface area (Å²) in [6.07, 6.45) is 4.27. The van der Waals surface area contributed by atoms with Gasteiger partial charge in [-0.05, 0) is 62.1 Å². The third kappa shape index (κ3) is 4.82. The Bertz CT molecular complexity index is 1070. The Morgan fingerprint density at radius 2 is 1.94 bits per heavy atom. The second kappa shape index (κ2) is 9.38. The molecule has 0 saturated carbocycles. The van der Waals surface area contributed by atoms with Crippen molar-refractivity contribution in [3.63, 3.8) is 0 Å². The highest BCUT2D eigenvalue weighted by molar-refractivity contribution is 5.81. The predicted molar refractivity (Wildman–Crippen MR) is 125 cm³/mol. The van der Waals surface area contributed by atoms with Crippen LogP contribution in [0.3, 0.4) is 0 Å². The molecule has 1 amide bonds. The first-order chi connectivity index (χ1) is 15.0. The molecule has 4 rings (SSSR count). The standard InChI is InChI=1S/C26H31N3O2/c1-4-11-28-18-21(17-25(28)30)26-27-23-9-5-6-10-24(23)29(26)12-7-8-13-31-22-15-19(2)14-20(3)16-22/h4-6,9-10,14-16,21H,1,7-8,11-13,17-18H2,2-3H3/t21-/m1/s1. The number of likely N-dealkylation sites (tertiary alicyclic amines) is 1. The largest absolute Gasteiger partial charge is 0.494 e. The molecule has 1 aliphatic rings. The van der Waals surface area contributed by atoms with Crippen molar-refractivity contribution < 1.29 is 9.53 Å². The van der Waals surface area contributed by atoms with Crippen LogP contribution in [0.5, 0.6) is 5.75 Å². The van der Waals surface area contributed by atoms with Crippen LogP contribution >= 0.6 is 0 Å². The molecule has 1 aliphatic heterocycles. The molecule has 31 heavy (non-hydrogen) atoms. The number of nitrogens with zero attached hydrogens (tertiary/aromatic N) is 3. The Balaban J connectivity index is 1.42. The fourth-order valence-electron chi connectivity index (χ4n) is 4.50. The van der Waals surface area contributed by atoms with Gasteiger partial charge in [-0.2, -0.15) is 0 Å². The van der Waals surface area contributed by atoms with Gasteiger partial charge in [-0.25, -0.2) is 4.98 Å². The topological polar surface area (TPSA) is 47.4 Å². The van der Waals surface area contributed by atoms with Crippen molar-refractivity contribution in [1.82, 2.24) is 14.5 Å². The molecule has 0 bridgehead atoms. The molecule has 1 fully saturated rings. The summed E-state index contributed by atoms with van der Waals surface area (Å²) in [6, 6.07) is 14.6. The number of fused-ring (bicyclic) bond motifs is 1. The summed E-state index contributed by atoms with van der Waals surface area (Å²) in [5.74, 6) is 2.28. The number of benzene rings is 2. The van der Waals surface area contributed by atoms with Gasteiger partial charge in [0.1, 0.15) is 11.6 Å². The number of amides is 1. The van der Waals surface area contributed by atoms with Crippen LogP contribution in [0.4, 0.5) is 0 Å². The van der Waals surface area contributed by atoms with Crippen LogP contribution in [-0.2, 0) is 11.3 Å². The van der Waals surface area contributed by atoms with E-state index in [2.05, 4.69) is 61.4 Å². The lowest BCUT2D eigenvalue weighted by molar-refractivity contribution is -0.127. The van der Waals surface area contributed by atoms with E-state index in [4.69, 9.17) is 9.72 Å². The first-order valence-corrected chi connectivity index (χ1v) is 11.1. The number of aryl methyl sites for hydroxylation is 3. The van der Waals surface area contributed by atoms with E-state index < -0.39 is 0 Å². The van der Waals surface area contributed by atoms with Gasteiger partial charge in [0.25, 0.3) is 0 Å². The summed E-state index contributed by atoms with van der Waals surface area (Å²) < 4.78 is 8.28. The predicted octanol–water partition coefficient (Wildman–Crippen LogP) is 5.01. The van der Waals surface area contributed by atoms with E-state index in [1.54, 1.807) is 6.08 Å². The lowest BCUT2D eigenvalue weighted by atomic mass is 10.1. The maximum Gasteiger partial charge on any atom is 0.223 e. The average Bonchev–Trinajstić information content (AvgIpc) is 3.28. The van der Waals surface area contributed by atoms with Crippen molar-refractivity contribution in [2.24, 2.45) is 0 Å². The zero-order chi connectivity index (χ0) is 21.8. The number of hydrogen-bond donors (Lipinski definition) is 0. The normalized spacial score (nSPS) is 16.3. The summed E-state index contributed by atoms with van der Waals surface area (Å²) in [7, 11) is 0. The van der Waals surface area contributed by atoms with Crippen LogP contribution in [0.15, 0.2) is 55.1 Å². The van der Waals surface area contributed by atoms with Crippen LogP contribution < -0.4 is 4.74 Å². The molecule has 3 aromatic rings. The van der Waals surface area contributed by atoms with E-state index in [0.717, 1.165) is 42.0 Å². The second-order valence-corrected chi connectivity index (χ2v) is 8.48. The highest BCUT2D eigenvalue weighted by atomic mass is 16.5. The van der Waals surface area contributed by atoms with Gasteiger partial charge in [-0.1, -0.05) is 24.3 Å². The van der Waals surface area contributed by atoms with E-state index in [-0.39, 0.29) is 11.8 Å². The van der Waals surface area contributed by atoms with Crippen LogP contribution in [0.25, 0.3) is 11.0 Å².